The van der Waals surface area contributed by atoms with Crippen LogP contribution in [0.25, 0.3) is 0 Å². The number of carbonyl (C=O) groups is 2. The van der Waals surface area contributed by atoms with Crippen LogP contribution in [0.1, 0.15) is 22.7 Å². The second-order valence-electron chi connectivity index (χ2n) is 7.80. The maximum atomic E-state index is 12.4. The second-order valence-corrected chi connectivity index (χ2v) is 7.80. The van der Waals surface area contributed by atoms with Gasteiger partial charge in [-0.3, -0.25) is 14.5 Å². The van der Waals surface area contributed by atoms with Crippen LogP contribution in [-0.4, -0.2) is 61.4 Å². The Bertz CT molecular complexity index is 842. The number of hydrogen-bond acceptors (Lipinski definition) is 4. The molecule has 1 fully saturated rings. The van der Waals surface area contributed by atoms with Gasteiger partial charge in [0.1, 0.15) is 0 Å². The lowest BCUT2D eigenvalue weighted by molar-refractivity contribution is -0.136. The van der Waals surface area contributed by atoms with Gasteiger partial charge in [-0.25, -0.2) is 0 Å². The van der Waals surface area contributed by atoms with E-state index in [9.17, 15) is 9.59 Å². The summed E-state index contributed by atoms with van der Waals surface area (Å²) >= 11 is 0. The summed E-state index contributed by atoms with van der Waals surface area (Å²) in [5, 5.41) is 5.50. The van der Waals surface area contributed by atoms with E-state index in [-0.39, 0.29) is 6.04 Å². The monoisotopic (exact) mass is 394 g/mol. The highest BCUT2D eigenvalue weighted by Gasteiger charge is 2.25. The number of anilines is 1. The minimum Gasteiger partial charge on any atom is -0.346 e. The van der Waals surface area contributed by atoms with E-state index in [4.69, 9.17) is 0 Å². The highest BCUT2D eigenvalue weighted by molar-refractivity contribution is 6.39. The van der Waals surface area contributed by atoms with Crippen LogP contribution in [0.2, 0.25) is 0 Å². The van der Waals surface area contributed by atoms with Crippen molar-refractivity contribution in [3.05, 3.63) is 65.2 Å². The molecular formula is C23H30N4O2. The van der Waals surface area contributed by atoms with E-state index in [0.29, 0.717) is 12.2 Å². The lowest BCUT2D eigenvalue weighted by atomic mass is 10.0. The van der Waals surface area contributed by atoms with Crippen LogP contribution < -0.4 is 10.6 Å². The van der Waals surface area contributed by atoms with Gasteiger partial charge in [-0.2, -0.15) is 0 Å². The maximum absolute atomic E-state index is 12.4. The third kappa shape index (κ3) is 5.89. The summed E-state index contributed by atoms with van der Waals surface area (Å²) < 4.78 is 0. The molecule has 1 heterocycles. The first-order valence-electron chi connectivity index (χ1n) is 10.1. The first-order valence-corrected chi connectivity index (χ1v) is 10.1. The molecule has 0 saturated carbocycles. The highest BCUT2D eigenvalue weighted by Crippen LogP contribution is 2.22. The molecule has 0 unspecified atom stereocenters. The molecular weight excluding hydrogens is 364 g/mol. The van der Waals surface area contributed by atoms with Crippen LogP contribution in [0.5, 0.6) is 0 Å². The van der Waals surface area contributed by atoms with Gasteiger partial charge in [-0.15, -0.1) is 0 Å². The van der Waals surface area contributed by atoms with Crippen LogP contribution in [0.4, 0.5) is 5.69 Å². The molecule has 0 aliphatic carbocycles. The van der Waals surface area contributed by atoms with Crippen LogP contribution in [0, 0.1) is 13.8 Å². The van der Waals surface area contributed by atoms with Gasteiger partial charge < -0.3 is 15.5 Å². The molecule has 2 aromatic carbocycles. The largest absolute Gasteiger partial charge is 0.346 e. The Morgan fingerprint density at radius 3 is 2.28 bits per heavy atom. The average molecular weight is 395 g/mol. The topological polar surface area (TPSA) is 64.7 Å². The van der Waals surface area contributed by atoms with Crippen molar-refractivity contribution in [1.82, 2.24) is 15.1 Å². The summed E-state index contributed by atoms with van der Waals surface area (Å²) in [5.74, 6) is -1.26. The van der Waals surface area contributed by atoms with Crippen LogP contribution in [0.3, 0.4) is 0 Å². The molecule has 1 aliphatic heterocycles. The van der Waals surface area contributed by atoms with Crippen LogP contribution in [-0.2, 0) is 9.59 Å². The van der Waals surface area contributed by atoms with Crippen molar-refractivity contribution in [2.45, 2.75) is 19.9 Å². The Balaban J connectivity index is 1.64. The molecule has 2 aromatic rings. The first kappa shape index (κ1) is 21.0. The van der Waals surface area contributed by atoms with E-state index in [1.165, 1.54) is 5.56 Å². The Morgan fingerprint density at radius 1 is 0.931 bits per heavy atom. The van der Waals surface area contributed by atoms with Crippen molar-refractivity contribution in [2.24, 2.45) is 0 Å². The molecule has 2 N–H and O–H groups in total. The predicted octanol–water partition coefficient (Wildman–Crippen LogP) is 2.35. The lowest BCUT2D eigenvalue weighted by Gasteiger charge is -2.38. The number of nitrogens with zero attached hydrogens (tertiary/aromatic N) is 2. The van der Waals surface area contributed by atoms with E-state index in [1.54, 1.807) is 6.07 Å². The smallest absolute Gasteiger partial charge is 0.313 e. The van der Waals surface area contributed by atoms with Gasteiger partial charge in [-0.05, 0) is 44.2 Å². The van der Waals surface area contributed by atoms with Gasteiger partial charge >= 0.3 is 11.8 Å². The molecule has 0 bridgehead atoms. The molecule has 0 aromatic heterocycles. The summed E-state index contributed by atoms with van der Waals surface area (Å²) in [5.41, 5.74) is 4.00. The van der Waals surface area contributed by atoms with Gasteiger partial charge in [-0.1, -0.05) is 42.0 Å². The van der Waals surface area contributed by atoms with Gasteiger partial charge in [0, 0.05) is 38.4 Å². The van der Waals surface area contributed by atoms with Crippen molar-refractivity contribution >= 4 is 17.5 Å². The van der Waals surface area contributed by atoms with E-state index in [1.807, 2.05) is 25.1 Å². The maximum Gasteiger partial charge on any atom is 0.313 e. The quantitative estimate of drug-likeness (QED) is 0.764. The summed E-state index contributed by atoms with van der Waals surface area (Å²) in [6, 6.07) is 15.8. The Kier molecular flexibility index (Phi) is 7.01. The van der Waals surface area contributed by atoms with Gasteiger partial charge in [0.15, 0.2) is 0 Å². The number of aryl methyl sites for hydroxylation is 2. The molecule has 154 valence electrons. The van der Waals surface area contributed by atoms with Crippen LogP contribution >= 0.6 is 0 Å². The number of hydrogen-bond donors (Lipinski definition) is 2. The van der Waals surface area contributed by atoms with Crippen molar-refractivity contribution in [1.29, 1.82) is 0 Å². The number of amides is 2. The number of rotatable bonds is 5. The number of carbonyl (C=O) groups excluding carboxylic acids is 2. The number of benzene rings is 2. The Morgan fingerprint density at radius 2 is 1.62 bits per heavy atom. The van der Waals surface area contributed by atoms with Gasteiger partial charge in [0.2, 0.25) is 0 Å². The number of piperazine rings is 1. The van der Waals surface area contributed by atoms with E-state index in [2.05, 4.69) is 58.7 Å². The fourth-order valence-electron chi connectivity index (χ4n) is 3.56. The van der Waals surface area contributed by atoms with Crippen molar-refractivity contribution < 1.29 is 9.59 Å². The zero-order valence-electron chi connectivity index (χ0n) is 17.4. The minimum absolute atomic E-state index is 0.0417. The molecule has 6 heteroatoms. The molecule has 6 nitrogen and oxygen atoms in total. The third-order valence-electron chi connectivity index (χ3n) is 5.38. The number of likely N-dealkylation sites (N-methyl/N-ethyl adjacent to an activating group) is 1. The fourth-order valence-corrected chi connectivity index (χ4v) is 3.56. The molecule has 29 heavy (non-hydrogen) atoms. The SMILES string of the molecule is Cc1ccc([C@H](CNC(=O)C(=O)Nc2cccc(C)c2)N2CCN(C)CC2)cc1. The molecule has 1 saturated heterocycles. The predicted molar refractivity (Wildman–Crippen MR) is 116 cm³/mol. The first-order chi connectivity index (χ1) is 13.9. The lowest BCUT2D eigenvalue weighted by Crippen LogP contribution is -2.49. The molecule has 0 spiro atoms. The standard InChI is InChI=1S/C23H30N4O2/c1-17-7-9-19(10-8-17)21(27-13-11-26(3)12-14-27)16-24-22(28)23(29)25-20-6-4-5-18(2)15-20/h4-10,15,21H,11-14,16H2,1-3H3,(H,24,28)(H,25,29)/t21-/m0/s1. The van der Waals surface area contributed by atoms with E-state index in [0.717, 1.165) is 37.3 Å². The average Bonchev–Trinajstić information content (AvgIpc) is 2.70. The zero-order chi connectivity index (χ0) is 20.8. The fraction of sp³-hybridized carbons (Fsp3) is 0.391. The zero-order valence-corrected chi connectivity index (χ0v) is 17.4. The number of nitrogens with one attached hydrogen (secondary N) is 2. The normalized spacial score (nSPS) is 16.2. The van der Waals surface area contributed by atoms with Crippen molar-refractivity contribution in [3.63, 3.8) is 0 Å². The molecule has 0 radical (unpaired) electrons. The van der Waals surface area contributed by atoms with Gasteiger partial charge in [0.25, 0.3) is 0 Å². The highest BCUT2D eigenvalue weighted by atomic mass is 16.2. The summed E-state index contributed by atoms with van der Waals surface area (Å²) in [7, 11) is 2.12. The van der Waals surface area contributed by atoms with Crippen molar-refractivity contribution in [3.8, 4) is 0 Å². The molecule has 1 aliphatic rings. The summed E-state index contributed by atoms with van der Waals surface area (Å²) in [4.78, 5) is 29.4. The second kappa shape index (κ2) is 9.67. The van der Waals surface area contributed by atoms with Crippen molar-refractivity contribution in [2.75, 3.05) is 45.1 Å². The van der Waals surface area contributed by atoms with Crippen LogP contribution in [0.15, 0.2) is 48.5 Å². The summed E-state index contributed by atoms with van der Waals surface area (Å²) in [6.45, 7) is 8.24. The summed E-state index contributed by atoms with van der Waals surface area (Å²) in [6.07, 6.45) is 0. The molecule has 2 amide bonds. The molecule has 1 atom stereocenters. The minimum atomic E-state index is -0.642. The van der Waals surface area contributed by atoms with E-state index < -0.39 is 11.8 Å². The van der Waals surface area contributed by atoms with E-state index >= 15 is 0 Å². The van der Waals surface area contributed by atoms with Gasteiger partial charge in [0.05, 0.1) is 6.04 Å². The Hall–Kier alpha value is -2.70. The third-order valence-corrected chi connectivity index (χ3v) is 5.38. The molecule has 3 rings (SSSR count). The Labute approximate surface area is 172 Å².